The van der Waals surface area contributed by atoms with E-state index < -0.39 is 12.0 Å². The molecular weight excluding hydrogens is 691 g/mol. The molecule has 1 aliphatic rings. The molecule has 4 rings (SSSR count). The summed E-state index contributed by atoms with van der Waals surface area (Å²) in [5.74, 6) is 0.692. The van der Waals surface area contributed by atoms with Crippen LogP contribution in [0.5, 0.6) is 23.0 Å². The number of thiazole rings is 1. The van der Waals surface area contributed by atoms with Crippen LogP contribution in [0.15, 0.2) is 49.8 Å². The Balaban J connectivity index is 2.01. The minimum absolute atomic E-state index is 0.0275. The van der Waals surface area contributed by atoms with E-state index in [1.54, 1.807) is 44.2 Å². The first-order chi connectivity index (χ1) is 18.1. The van der Waals surface area contributed by atoms with Gasteiger partial charge in [0.05, 0.1) is 53.4 Å². The van der Waals surface area contributed by atoms with E-state index in [0.29, 0.717) is 51.4 Å². The minimum Gasteiger partial charge on any atom is -0.504 e. The molecule has 3 aromatic rings. The molecule has 0 saturated heterocycles. The van der Waals surface area contributed by atoms with Gasteiger partial charge >= 0.3 is 5.97 Å². The molecule has 1 aromatic heterocycles. The largest absolute Gasteiger partial charge is 0.504 e. The second-order valence-corrected chi connectivity index (χ2v) is 11.1. The van der Waals surface area contributed by atoms with Crippen LogP contribution in [0, 0.1) is 3.57 Å². The van der Waals surface area contributed by atoms with Crippen molar-refractivity contribution in [1.82, 2.24) is 4.57 Å². The average Bonchev–Trinajstić information content (AvgIpc) is 3.19. The molecule has 1 aliphatic heterocycles. The van der Waals surface area contributed by atoms with E-state index in [9.17, 15) is 14.7 Å². The van der Waals surface area contributed by atoms with Crippen molar-refractivity contribution in [3.8, 4) is 23.0 Å². The quantitative estimate of drug-likeness (QED) is 0.292. The molecular formula is C26H24BrIN2O7S. The number of nitrogens with zero attached hydrogens (tertiary/aromatic N) is 2. The van der Waals surface area contributed by atoms with E-state index >= 15 is 0 Å². The Kier molecular flexibility index (Phi) is 8.52. The van der Waals surface area contributed by atoms with E-state index in [2.05, 4.69) is 20.9 Å². The third kappa shape index (κ3) is 5.08. The van der Waals surface area contributed by atoms with Crippen LogP contribution >= 0.6 is 49.9 Å². The van der Waals surface area contributed by atoms with Crippen molar-refractivity contribution in [2.75, 3.05) is 27.9 Å². The number of carbonyl (C=O) groups is 1. The molecule has 9 nitrogen and oxygen atoms in total. The zero-order chi connectivity index (χ0) is 27.7. The summed E-state index contributed by atoms with van der Waals surface area (Å²) in [6.45, 7) is 3.61. The lowest BCUT2D eigenvalue weighted by molar-refractivity contribution is -0.139. The number of allylic oxidation sites excluding steroid dienone is 1. The number of benzene rings is 2. The lowest BCUT2D eigenvalue weighted by Gasteiger charge is -2.26. The predicted octanol–water partition coefficient (Wildman–Crippen LogP) is 3.90. The first kappa shape index (κ1) is 28.2. The maximum atomic E-state index is 13.9. The SMILES string of the molecule is CCOC(=O)C1=C(C)N=c2s/c(=C\c3cc(I)c(O)c(OC)c3)c(=O)n2[C@H]1c1cc(OC)c(OC)cc1Br. The van der Waals surface area contributed by atoms with Crippen molar-refractivity contribution >= 4 is 61.9 Å². The van der Waals surface area contributed by atoms with Gasteiger partial charge in [0.2, 0.25) is 0 Å². The fraction of sp³-hybridized carbons (Fsp3) is 0.269. The fourth-order valence-electron chi connectivity index (χ4n) is 4.15. The van der Waals surface area contributed by atoms with Crippen LogP contribution < -0.4 is 29.1 Å². The van der Waals surface area contributed by atoms with Crippen molar-refractivity contribution in [2.45, 2.75) is 19.9 Å². The number of esters is 1. The van der Waals surface area contributed by atoms with Crippen LogP contribution in [0.4, 0.5) is 0 Å². The van der Waals surface area contributed by atoms with Crippen molar-refractivity contribution in [3.63, 3.8) is 0 Å². The second-order valence-electron chi connectivity index (χ2n) is 8.08. The summed E-state index contributed by atoms with van der Waals surface area (Å²) < 4.78 is 24.6. The molecule has 200 valence electrons. The molecule has 2 aromatic carbocycles. The Hall–Kier alpha value is -2.84. The number of aromatic nitrogens is 1. The molecule has 0 aliphatic carbocycles. The Bertz CT molecular complexity index is 1640. The average molecular weight is 715 g/mol. The molecule has 0 spiro atoms. The summed E-state index contributed by atoms with van der Waals surface area (Å²) in [4.78, 5) is 32.1. The Labute approximate surface area is 244 Å². The summed E-state index contributed by atoms with van der Waals surface area (Å²) in [6, 6.07) is 6.01. The molecule has 38 heavy (non-hydrogen) atoms. The number of carbonyl (C=O) groups excluding carboxylic acids is 1. The van der Waals surface area contributed by atoms with Crippen molar-refractivity contribution < 1.29 is 28.8 Å². The summed E-state index contributed by atoms with van der Waals surface area (Å²) in [7, 11) is 4.51. The van der Waals surface area contributed by atoms with Crippen LogP contribution in [0.1, 0.15) is 31.0 Å². The number of phenols is 1. The smallest absolute Gasteiger partial charge is 0.338 e. The van der Waals surface area contributed by atoms with Gasteiger partial charge in [-0.1, -0.05) is 27.3 Å². The highest BCUT2D eigenvalue weighted by Gasteiger charge is 2.35. The Morgan fingerprint density at radius 2 is 1.82 bits per heavy atom. The van der Waals surface area contributed by atoms with Gasteiger partial charge in [0.15, 0.2) is 27.8 Å². The van der Waals surface area contributed by atoms with Crippen molar-refractivity contribution in [2.24, 2.45) is 4.99 Å². The molecule has 0 unspecified atom stereocenters. The van der Waals surface area contributed by atoms with Gasteiger partial charge in [0.1, 0.15) is 0 Å². The van der Waals surface area contributed by atoms with E-state index in [1.165, 1.54) is 37.2 Å². The number of aromatic hydroxyl groups is 1. The lowest BCUT2D eigenvalue weighted by Crippen LogP contribution is -2.40. The number of hydrogen-bond acceptors (Lipinski definition) is 9. The third-order valence-electron chi connectivity index (χ3n) is 5.88. The third-order valence-corrected chi connectivity index (χ3v) is 8.37. The molecule has 0 fully saturated rings. The van der Waals surface area contributed by atoms with Gasteiger partial charge in [-0.2, -0.15) is 0 Å². The summed E-state index contributed by atoms with van der Waals surface area (Å²) in [6.07, 6.45) is 1.71. The van der Waals surface area contributed by atoms with Gasteiger partial charge in [-0.3, -0.25) is 9.36 Å². The monoisotopic (exact) mass is 714 g/mol. The summed E-state index contributed by atoms with van der Waals surface area (Å²) in [5, 5.41) is 10.2. The maximum absolute atomic E-state index is 13.9. The number of rotatable bonds is 7. The molecule has 0 bridgehead atoms. The highest BCUT2D eigenvalue weighted by Crippen LogP contribution is 2.41. The van der Waals surface area contributed by atoms with E-state index in [0.717, 1.165) is 0 Å². The van der Waals surface area contributed by atoms with Gasteiger partial charge in [-0.15, -0.1) is 0 Å². The molecule has 1 N–H and O–H groups in total. The van der Waals surface area contributed by atoms with E-state index in [4.69, 9.17) is 18.9 Å². The number of fused-ring (bicyclic) bond motifs is 1. The van der Waals surface area contributed by atoms with Crippen molar-refractivity contribution in [1.29, 1.82) is 0 Å². The Morgan fingerprint density at radius 3 is 2.45 bits per heavy atom. The maximum Gasteiger partial charge on any atom is 0.338 e. The second kappa shape index (κ2) is 11.5. The normalized spacial score (nSPS) is 15.1. The first-order valence-electron chi connectivity index (χ1n) is 11.3. The molecule has 2 heterocycles. The van der Waals surface area contributed by atoms with Crippen molar-refractivity contribution in [3.05, 3.63) is 74.4 Å². The van der Waals surface area contributed by atoms with E-state index in [1.807, 2.05) is 22.6 Å². The highest BCUT2D eigenvalue weighted by atomic mass is 127. The lowest BCUT2D eigenvalue weighted by atomic mass is 9.95. The molecule has 0 amide bonds. The topological polar surface area (TPSA) is 109 Å². The van der Waals surface area contributed by atoms with Crippen LogP contribution in [0.25, 0.3) is 6.08 Å². The van der Waals surface area contributed by atoms with Gasteiger partial charge < -0.3 is 24.1 Å². The number of phenolic OH excluding ortho intramolecular Hbond substituents is 1. The van der Waals surface area contributed by atoms with Crippen LogP contribution in [0.3, 0.4) is 0 Å². The van der Waals surface area contributed by atoms with Gasteiger partial charge in [0, 0.05) is 4.47 Å². The molecule has 0 radical (unpaired) electrons. The molecule has 0 saturated carbocycles. The number of halogens is 2. The van der Waals surface area contributed by atoms with Crippen LogP contribution in [-0.2, 0) is 9.53 Å². The highest BCUT2D eigenvalue weighted by molar-refractivity contribution is 14.1. The fourth-order valence-corrected chi connectivity index (χ4v) is 6.36. The zero-order valence-corrected chi connectivity index (χ0v) is 25.7. The number of hydrogen-bond donors (Lipinski definition) is 1. The zero-order valence-electron chi connectivity index (χ0n) is 21.1. The van der Waals surface area contributed by atoms with E-state index in [-0.39, 0.29) is 23.5 Å². The first-order valence-corrected chi connectivity index (χ1v) is 14.0. The molecule has 1 atom stereocenters. The van der Waals surface area contributed by atoms with Gasteiger partial charge in [0.25, 0.3) is 5.56 Å². The number of methoxy groups -OCH3 is 3. The Morgan fingerprint density at radius 1 is 1.16 bits per heavy atom. The molecule has 12 heteroatoms. The van der Waals surface area contributed by atoms with Gasteiger partial charge in [-0.05, 0) is 77.9 Å². The van der Waals surface area contributed by atoms with Crippen LogP contribution in [-0.4, -0.2) is 43.6 Å². The van der Waals surface area contributed by atoms with Crippen LogP contribution in [0.2, 0.25) is 0 Å². The summed E-state index contributed by atoms with van der Waals surface area (Å²) >= 11 is 6.79. The minimum atomic E-state index is -0.837. The standard InChI is InChI=1S/C26H24BrIN2O7S/c1-6-37-25(33)21-12(2)29-26-30(22(21)14-10-17(34-3)18(35-4)11-15(14)27)24(32)20(38-26)9-13-7-16(28)23(31)19(8-13)36-5/h7-11,22,31H,6H2,1-5H3/b20-9-/t22-/m0/s1. The van der Waals surface area contributed by atoms with Gasteiger partial charge in [-0.25, -0.2) is 9.79 Å². The predicted molar refractivity (Wildman–Crippen MR) is 155 cm³/mol. The summed E-state index contributed by atoms with van der Waals surface area (Å²) in [5.41, 5.74) is 1.63. The number of ether oxygens (including phenoxy) is 4.